The van der Waals surface area contributed by atoms with E-state index in [-0.39, 0.29) is 18.3 Å². The second-order valence-electron chi connectivity index (χ2n) is 7.14. The molecule has 0 aliphatic heterocycles. The number of nitrogens with one attached hydrogen (secondary N) is 1. The van der Waals surface area contributed by atoms with Crippen LogP contribution in [0.2, 0.25) is 0 Å². The predicted molar refractivity (Wildman–Crippen MR) is 122 cm³/mol. The third-order valence-electron chi connectivity index (χ3n) is 4.62. The molecule has 0 bridgehead atoms. The quantitative estimate of drug-likeness (QED) is 0.438. The number of thioether (sulfide) groups is 1. The van der Waals surface area contributed by atoms with Gasteiger partial charge in [0.25, 0.3) is 5.89 Å². The predicted octanol–water partition coefficient (Wildman–Crippen LogP) is 4.16. The lowest BCUT2D eigenvalue weighted by atomic mass is 10.1. The molecule has 0 spiro atoms. The van der Waals surface area contributed by atoms with Crippen LogP contribution in [0.4, 0.5) is 11.5 Å². The molecule has 0 radical (unpaired) electrons. The van der Waals surface area contributed by atoms with Gasteiger partial charge in [-0.3, -0.25) is 4.79 Å². The number of amides is 1. The Hall–Kier alpha value is -3.59. The standard InChI is InChI=1S/C22H22N6O2S/c1-13-9-14(2)11-16(10-13)24-17(29)12-28-19(23)18(22(26-28)31-3)21-25-20(27-30-21)15-7-5-4-6-8-15/h4-11H,12,23H2,1-3H3,(H,24,29). The molecule has 0 unspecified atom stereocenters. The lowest BCUT2D eigenvalue weighted by Crippen LogP contribution is -2.20. The van der Waals surface area contributed by atoms with E-state index < -0.39 is 0 Å². The Morgan fingerprint density at radius 3 is 2.55 bits per heavy atom. The Balaban J connectivity index is 1.58. The van der Waals surface area contributed by atoms with Gasteiger partial charge in [-0.05, 0) is 43.4 Å². The van der Waals surface area contributed by atoms with Crippen LogP contribution in [0.15, 0.2) is 58.1 Å². The van der Waals surface area contributed by atoms with Crippen molar-refractivity contribution in [1.82, 2.24) is 19.9 Å². The number of hydrogen-bond acceptors (Lipinski definition) is 7. The minimum absolute atomic E-state index is 0.0357. The average molecular weight is 435 g/mol. The van der Waals surface area contributed by atoms with Crippen LogP contribution >= 0.6 is 11.8 Å². The van der Waals surface area contributed by atoms with Crippen molar-refractivity contribution in [3.05, 3.63) is 59.7 Å². The summed E-state index contributed by atoms with van der Waals surface area (Å²) in [7, 11) is 0. The van der Waals surface area contributed by atoms with Gasteiger partial charge in [0, 0.05) is 11.3 Å². The van der Waals surface area contributed by atoms with Crippen molar-refractivity contribution in [2.45, 2.75) is 25.4 Å². The molecule has 4 aromatic rings. The van der Waals surface area contributed by atoms with Crippen molar-refractivity contribution in [2.75, 3.05) is 17.3 Å². The van der Waals surface area contributed by atoms with E-state index in [9.17, 15) is 4.79 Å². The first kappa shape index (κ1) is 20.7. The van der Waals surface area contributed by atoms with Crippen LogP contribution in [-0.2, 0) is 11.3 Å². The molecule has 158 valence electrons. The lowest BCUT2D eigenvalue weighted by Gasteiger charge is -2.08. The van der Waals surface area contributed by atoms with Crippen molar-refractivity contribution in [3.63, 3.8) is 0 Å². The first-order chi connectivity index (χ1) is 14.9. The minimum atomic E-state index is -0.228. The topological polar surface area (TPSA) is 112 Å². The number of aryl methyl sites for hydroxylation is 2. The van der Waals surface area contributed by atoms with Crippen molar-refractivity contribution >= 4 is 29.2 Å². The Morgan fingerprint density at radius 1 is 1.16 bits per heavy atom. The van der Waals surface area contributed by atoms with Gasteiger partial charge in [-0.2, -0.15) is 10.1 Å². The maximum atomic E-state index is 12.6. The number of nitrogen functional groups attached to an aromatic ring is 1. The number of hydrogen-bond donors (Lipinski definition) is 2. The summed E-state index contributed by atoms with van der Waals surface area (Å²) in [6.07, 6.45) is 1.87. The number of aromatic nitrogens is 4. The van der Waals surface area contributed by atoms with Crippen LogP contribution in [-0.4, -0.2) is 32.1 Å². The summed E-state index contributed by atoms with van der Waals surface area (Å²) < 4.78 is 6.91. The van der Waals surface area contributed by atoms with Gasteiger partial charge in [0.15, 0.2) is 0 Å². The molecule has 2 aromatic carbocycles. The highest BCUT2D eigenvalue weighted by atomic mass is 32.2. The summed E-state index contributed by atoms with van der Waals surface area (Å²) in [5.74, 6) is 0.793. The Morgan fingerprint density at radius 2 is 1.87 bits per heavy atom. The molecule has 2 heterocycles. The van der Waals surface area contributed by atoms with Crippen LogP contribution in [0.25, 0.3) is 22.8 Å². The van der Waals surface area contributed by atoms with Gasteiger partial charge in [-0.25, -0.2) is 4.68 Å². The van der Waals surface area contributed by atoms with Gasteiger partial charge in [-0.15, -0.1) is 11.8 Å². The molecule has 1 amide bonds. The van der Waals surface area contributed by atoms with Gasteiger partial charge < -0.3 is 15.6 Å². The van der Waals surface area contributed by atoms with Gasteiger partial charge in [0.2, 0.25) is 11.7 Å². The van der Waals surface area contributed by atoms with E-state index in [4.69, 9.17) is 10.3 Å². The first-order valence-corrected chi connectivity index (χ1v) is 10.8. The van der Waals surface area contributed by atoms with Crippen LogP contribution in [0.5, 0.6) is 0 Å². The zero-order valence-electron chi connectivity index (χ0n) is 17.4. The van der Waals surface area contributed by atoms with Gasteiger partial charge >= 0.3 is 0 Å². The second kappa shape index (κ2) is 8.65. The van der Waals surface area contributed by atoms with Gasteiger partial charge in [0.1, 0.15) is 23.0 Å². The molecule has 31 heavy (non-hydrogen) atoms. The molecule has 3 N–H and O–H groups in total. The number of anilines is 2. The van der Waals surface area contributed by atoms with E-state index in [0.29, 0.717) is 22.2 Å². The summed E-state index contributed by atoms with van der Waals surface area (Å²) in [6.45, 7) is 3.94. The highest BCUT2D eigenvalue weighted by Crippen LogP contribution is 2.34. The second-order valence-corrected chi connectivity index (χ2v) is 7.94. The van der Waals surface area contributed by atoms with E-state index in [0.717, 1.165) is 22.4 Å². The Labute approximate surface area is 183 Å². The number of rotatable bonds is 6. The SMILES string of the molecule is CSc1nn(CC(=O)Nc2cc(C)cc(C)c2)c(N)c1-c1nc(-c2ccccc2)no1. The molecular weight excluding hydrogens is 412 g/mol. The van der Waals surface area contributed by atoms with Crippen molar-refractivity contribution in [2.24, 2.45) is 0 Å². The highest BCUT2D eigenvalue weighted by molar-refractivity contribution is 7.98. The Kier molecular flexibility index (Phi) is 5.77. The van der Waals surface area contributed by atoms with Crippen LogP contribution < -0.4 is 11.1 Å². The van der Waals surface area contributed by atoms with Gasteiger partial charge in [-0.1, -0.05) is 41.6 Å². The molecular formula is C22H22N6O2S. The monoisotopic (exact) mass is 434 g/mol. The fraction of sp³-hybridized carbons (Fsp3) is 0.182. The molecule has 0 aliphatic carbocycles. The maximum Gasteiger partial charge on any atom is 0.264 e. The molecule has 2 aromatic heterocycles. The zero-order valence-corrected chi connectivity index (χ0v) is 18.2. The zero-order chi connectivity index (χ0) is 22.0. The number of nitrogens with two attached hydrogens (primary N) is 1. The normalized spacial score (nSPS) is 10.9. The highest BCUT2D eigenvalue weighted by Gasteiger charge is 2.23. The minimum Gasteiger partial charge on any atom is -0.383 e. The summed E-state index contributed by atoms with van der Waals surface area (Å²) >= 11 is 1.39. The molecule has 0 aliphatic rings. The van der Waals surface area contributed by atoms with E-state index in [2.05, 4.69) is 20.6 Å². The van der Waals surface area contributed by atoms with Crippen LogP contribution in [0.1, 0.15) is 11.1 Å². The number of carbonyl (C=O) groups excluding carboxylic acids is 1. The van der Waals surface area contributed by atoms with Crippen molar-refractivity contribution in [1.29, 1.82) is 0 Å². The van der Waals surface area contributed by atoms with Crippen molar-refractivity contribution < 1.29 is 9.32 Å². The molecule has 0 atom stereocenters. The van der Waals surface area contributed by atoms with E-state index in [1.165, 1.54) is 16.4 Å². The molecule has 0 fully saturated rings. The average Bonchev–Trinajstić information content (AvgIpc) is 3.32. The Bertz CT molecular complexity index is 1210. The molecule has 8 nitrogen and oxygen atoms in total. The van der Waals surface area contributed by atoms with Crippen LogP contribution in [0.3, 0.4) is 0 Å². The summed E-state index contributed by atoms with van der Waals surface area (Å²) in [6, 6.07) is 15.4. The van der Waals surface area contributed by atoms with E-state index >= 15 is 0 Å². The summed E-state index contributed by atoms with van der Waals surface area (Å²) in [4.78, 5) is 17.1. The van der Waals surface area contributed by atoms with E-state index in [1.54, 1.807) is 0 Å². The fourth-order valence-corrected chi connectivity index (χ4v) is 3.91. The molecule has 0 saturated carbocycles. The number of carbonyl (C=O) groups is 1. The third-order valence-corrected chi connectivity index (χ3v) is 5.30. The summed E-state index contributed by atoms with van der Waals surface area (Å²) in [5.41, 5.74) is 10.6. The van der Waals surface area contributed by atoms with Gasteiger partial charge in [0.05, 0.1) is 0 Å². The third kappa shape index (κ3) is 4.46. The number of nitrogens with zero attached hydrogens (tertiary/aromatic N) is 4. The maximum absolute atomic E-state index is 12.6. The summed E-state index contributed by atoms with van der Waals surface area (Å²) in [5, 5.41) is 12.0. The van der Waals surface area contributed by atoms with Crippen molar-refractivity contribution in [3.8, 4) is 22.8 Å². The molecule has 9 heteroatoms. The fourth-order valence-electron chi connectivity index (χ4n) is 3.33. The smallest absolute Gasteiger partial charge is 0.264 e. The first-order valence-electron chi connectivity index (χ1n) is 9.62. The molecule has 0 saturated heterocycles. The molecule has 4 rings (SSSR count). The lowest BCUT2D eigenvalue weighted by molar-refractivity contribution is -0.116. The van der Waals surface area contributed by atoms with E-state index in [1.807, 2.05) is 68.6 Å². The number of benzene rings is 2. The van der Waals surface area contributed by atoms with Crippen LogP contribution in [0, 0.1) is 13.8 Å². The largest absolute Gasteiger partial charge is 0.383 e.